The zero-order chi connectivity index (χ0) is 16.4. The van der Waals surface area contributed by atoms with E-state index in [1.54, 1.807) is 6.20 Å². The van der Waals surface area contributed by atoms with Crippen LogP contribution in [0.2, 0.25) is 0 Å². The predicted molar refractivity (Wildman–Crippen MR) is 90.2 cm³/mol. The Morgan fingerprint density at radius 2 is 1.88 bits per heavy atom. The molecule has 1 saturated heterocycles. The van der Waals surface area contributed by atoms with Crippen molar-refractivity contribution in [2.24, 2.45) is 0 Å². The summed E-state index contributed by atoms with van der Waals surface area (Å²) in [5.74, 6) is -0.205. The normalized spacial score (nSPS) is 16.8. The van der Waals surface area contributed by atoms with Gasteiger partial charge in [-0.2, -0.15) is 0 Å². The Morgan fingerprint density at radius 3 is 2.75 bits per heavy atom. The van der Waals surface area contributed by atoms with Gasteiger partial charge in [-0.1, -0.05) is 6.07 Å². The minimum Gasteiger partial charge on any atom is -0.378 e. The molecule has 6 nitrogen and oxygen atoms in total. The molecule has 1 aromatic heterocycles. The third-order valence-corrected chi connectivity index (χ3v) is 4.33. The molecule has 0 bridgehead atoms. The van der Waals surface area contributed by atoms with E-state index in [4.69, 9.17) is 9.47 Å². The fourth-order valence-corrected chi connectivity index (χ4v) is 3.01. The maximum absolute atomic E-state index is 12.5. The van der Waals surface area contributed by atoms with E-state index in [2.05, 4.69) is 15.2 Å². The van der Waals surface area contributed by atoms with Gasteiger partial charge >= 0.3 is 0 Å². The maximum Gasteiger partial charge on any atom is 0.274 e. The number of amides is 1. The van der Waals surface area contributed by atoms with Gasteiger partial charge in [-0.25, -0.2) is 0 Å². The largest absolute Gasteiger partial charge is 0.378 e. The van der Waals surface area contributed by atoms with Crippen LogP contribution < -0.4 is 10.2 Å². The molecule has 0 spiro atoms. The number of hydrogen-bond acceptors (Lipinski definition) is 5. The standard InChI is InChI=1S/C18H19N3O3/c22-18(20-15-2-1-13-11-24-12-14(13)9-15)17-10-16(3-4-19-17)21-5-7-23-8-6-21/h1-4,9-10H,5-8,11-12H2,(H,20,22). The monoisotopic (exact) mass is 325 g/mol. The van der Waals surface area contributed by atoms with Gasteiger partial charge in [-0.3, -0.25) is 9.78 Å². The molecule has 0 radical (unpaired) electrons. The molecule has 0 unspecified atom stereocenters. The lowest BCUT2D eigenvalue weighted by atomic mass is 10.1. The number of benzene rings is 1. The number of carbonyl (C=O) groups is 1. The van der Waals surface area contributed by atoms with Crippen molar-refractivity contribution >= 4 is 17.3 Å². The third kappa shape index (κ3) is 3.11. The van der Waals surface area contributed by atoms with E-state index in [0.29, 0.717) is 32.1 Å². The molecule has 2 aromatic rings. The molecule has 1 fully saturated rings. The Hall–Kier alpha value is -2.44. The first-order valence-corrected chi connectivity index (χ1v) is 8.09. The number of anilines is 2. The molecule has 0 saturated carbocycles. The Kier molecular flexibility index (Phi) is 4.15. The van der Waals surface area contributed by atoms with Gasteiger partial charge in [-0.05, 0) is 35.4 Å². The number of aromatic nitrogens is 1. The van der Waals surface area contributed by atoms with Crippen molar-refractivity contribution in [3.05, 3.63) is 53.3 Å². The lowest BCUT2D eigenvalue weighted by Gasteiger charge is -2.28. The quantitative estimate of drug-likeness (QED) is 0.937. The highest BCUT2D eigenvalue weighted by Crippen LogP contribution is 2.24. The molecule has 3 heterocycles. The van der Waals surface area contributed by atoms with Crippen LogP contribution in [-0.4, -0.2) is 37.2 Å². The highest BCUT2D eigenvalue weighted by molar-refractivity contribution is 6.03. The van der Waals surface area contributed by atoms with Crippen LogP contribution in [0.1, 0.15) is 21.6 Å². The molecular weight excluding hydrogens is 306 g/mol. The Balaban J connectivity index is 1.50. The van der Waals surface area contributed by atoms with Crippen molar-refractivity contribution in [3.8, 4) is 0 Å². The van der Waals surface area contributed by atoms with Crippen LogP contribution in [0.5, 0.6) is 0 Å². The Bertz CT molecular complexity index is 757. The van der Waals surface area contributed by atoms with Crippen molar-refractivity contribution < 1.29 is 14.3 Å². The van der Waals surface area contributed by atoms with E-state index in [1.165, 1.54) is 5.56 Å². The van der Waals surface area contributed by atoms with Crippen LogP contribution in [0.15, 0.2) is 36.5 Å². The van der Waals surface area contributed by atoms with E-state index < -0.39 is 0 Å². The van der Waals surface area contributed by atoms with Crippen molar-refractivity contribution in [1.29, 1.82) is 0 Å². The van der Waals surface area contributed by atoms with Crippen LogP contribution >= 0.6 is 0 Å². The van der Waals surface area contributed by atoms with Gasteiger partial charge in [0.2, 0.25) is 0 Å². The number of rotatable bonds is 3. The lowest BCUT2D eigenvalue weighted by Crippen LogP contribution is -2.36. The summed E-state index contributed by atoms with van der Waals surface area (Å²) >= 11 is 0. The maximum atomic E-state index is 12.5. The number of hydrogen-bond donors (Lipinski definition) is 1. The summed E-state index contributed by atoms with van der Waals surface area (Å²) in [7, 11) is 0. The second kappa shape index (κ2) is 6.59. The number of pyridine rings is 1. The lowest BCUT2D eigenvalue weighted by molar-refractivity contribution is 0.102. The zero-order valence-electron chi connectivity index (χ0n) is 13.3. The van der Waals surface area contributed by atoms with Gasteiger partial charge in [0.05, 0.1) is 26.4 Å². The summed E-state index contributed by atoms with van der Waals surface area (Å²) in [4.78, 5) is 18.9. The summed E-state index contributed by atoms with van der Waals surface area (Å²) in [6, 6.07) is 9.62. The number of ether oxygens (including phenoxy) is 2. The smallest absolute Gasteiger partial charge is 0.274 e. The van der Waals surface area contributed by atoms with E-state index in [-0.39, 0.29) is 5.91 Å². The van der Waals surface area contributed by atoms with E-state index in [0.717, 1.165) is 30.0 Å². The van der Waals surface area contributed by atoms with Gasteiger partial charge in [0.1, 0.15) is 5.69 Å². The Morgan fingerprint density at radius 1 is 1.04 bits per heavy atom. The molecule has 24 heavy (non-hydrogen) atoms. The molecule has 0 atom stereocenters. The van der Waals surface area contributed by atoms with E-state index in [9.17, 15) is 4.79 Å². The number of carbonyl (C=O) groups excluding carboxylic acids is 1. The van der Waals surface area contributed by atoms with Crippen molar-refractivity contribution in [3.63, 3.8) is 0 Å². The average molecular weight is 325 g/mol. The molecule has 2 aliphatic rings. The highest BCUT2D eigenvalue weighted by Gasteiger charge is 2.16. The van der Waals surface area contributed by atoms with Gasteiger partial charge in [0.25, 0.3) is 5.91 Å². The molecule has 1 amide bonds. The summed E-state index contributed by atoms with van der Waals surface area (Å²) < 4.78 is 10.8. The number of nitrogens with zero attached hydrogens (tertiary/aromatic N) is 2. The van der Waals surface area contributed by atoms with Crippen LogP contribution in [0.4, 0.5) is 11.4 Å². The molecule has 2 aliphatic heterocycles. The molecule has 4 rings (SSSR count). The molecular formula is C18H19N3O3. The number of morpholine rings is 1. The van der Waals surface area contributed by atoms with Gasteiger partial charge in [0, 0.05) is 30.7 Å². The first-order valence-electron chi connectivity index (χ1n) is 8.09. The number of nitrogens with one attached hydrogen (secondary N) is 1. The summed E-state index contributed by atoms with van der Waals surface area (Å²) in [6.07, 6.45) is 1.68. The fourth-order valence-electron chi connectivity index (χ4n) is 3.01. The predicted octanol–water partition coefficient (Wildman–Crippen LogP) is 2.20. The van der Waals surface area contributed by atoms with Crippen LogP contribution in [-0.2, 0) is 22.7 Å². The van der Waals surface area contributed by atoms with Crippen LogP contribution in [0.3, 0.4) is 0 Å². The second-order valence-electron chi connectivity index (χ2n) is 5.93. The number of fused-ring (bicyclic) bond motifs is 1. The van der Waals surface area contributed by atoms with Crippen molar-refractivity contribution in [2.75, 3.05) is 36.5 Å². The fraction of sp³-hybridized carbons (Fsp3) is 0.333. The zero-order valence-corrected chi connectivity index (χ0v) is 13.3. The molecule has 1 N–H and O–H groups in total. The van der Waals surface area contributed by atoms with Crippen LogP contribution in [0, 0.1) is 0 Å². The first kappa shape index (κ1) is 15.1. The second-order valence-corrected chi connectivity index (χ2v) is 5.93. The topological polar surface area (TPSA) is 63.7 Å². The van der Waals surface area contributed by atoms with E-state index >= 15 is 0 Å². The first-order chi connectivity index (χ1) is 11.8. The van der Waals surface area contributed by atoms with Crippen molar-refractivity contribution in [1.82, 2.24) is 4.98 Å². The summed E-state index contributed by atoms with van der Waals surface area (Å²) in [5.41, 5.74) is 4.49. The van der Waals surface area contributed by atoms with Gasteiger partial charge in [-0.15, -0.1) is 0 Å². The Labute approximate surface area is 140 Å². The molecule has 0 aliphatic carbocycles. The SMILES string of the molecule is O=C(Nc1ccc2c(c1)COC2)c1cc(N2CCOCC2)ccn1. The van der Waals surface area contributed by atoms with Gasteiger partial charge in [0.15, 0.2) is 0 Å². The summed E-state index contributed by atoms with van der Waals surface area (Å²) in [6.45, 7) is 4.32. The average Bonchev–Trinajstić information content (AvgIpc) is 3.10. The summed E-state index contributed by atoms with van der Waals surface area (Å²) in [5, 5.41) is 2.92. The van der Waals surface area contributed by atoms with Crippen LogP contribution in [0.25, 0.3) is 0 Å². The van der Waals surface area contributed by atoms with E-state index in [1.807, 2.05) is 30.3 Å². The van der Waals surface area contributed by atoms with Crippen molar-refractivity contribution in [2.45, 2.75) is 13.2 Å². The molecule has 6 heteroatoms. The minimum absolute atomic E-state index is 0.205. The highest BCUT2D eigenvalue weighted by atomic mass is 16.5. The molecule has 124 valence electrons. The molecule has 1 aromatic carbocycles. The minimum atomic E-state index is -0.205. The van der Waals surface area contributed by atoms with Gasteiger partial charge < -0.3 is 19.7 Å². The third-order valence-electron chi connectivity index (χ3n) is 4.33.